The van der Waals surface area contributed by atoms with Gasteiger partial charge in [-0.25, -0.2) is 0 Å². The highest BCUT2D eigenvalue weighted by atomic mass is 32.2. The molecule has 0 radical (unpaired) electrons. The lowest BCUT2D eigenvalue weighted by Crippen LogP contribution is -2.31. The third-order valence-corrected chi connectivity index (χ3v) is 2.84. The summed E-state index contributed by atoms with van der Waals surface area (Å²) in [5.41, 5.74) is 0.769. The van der Waals surface area contributed by atoms with E-state index in [9.17, 15) is 9.59 Å². The standard InChI is InChI=1S/C11H13NO2S/c1-8(13)11(14)12(2)9-6-4-5-7-10(9)15-3/h4-7H,1-3H3. The molecular formula is C11H13NO2S. The molecule has 0 saturated carbocycles. The van der Waals surface area contributed by atoms with Gasteiger partial charge < -0.3 is 4.90 Å². The molecule has 0 fully saturated rings. The van der Waals surface area contributed by atoms with E-state index in [1.807, 2.05) is 30.5 Å². The van der Waals surface area contributed by atoms with Gasteiger partial charge in [-0.05, 0) is 18.4 Å². The fourth-order valence-corrected chi connectivity index (χ4v) is 1.88. The van der Waals surface area contributed by atoms with Gasteiger partial charge in [-0.3, -0.25) is 9.59 Å². The highest BCUT2D eigenvalue weighted by molar-refractivity contribution is 7.98. The highest BCUT2D eigenvalue weighted by Crippen LogP contribution is 2.27. The van der Waals surface area contributed by atoms with Crippen LogP contribution in [-0.4, -0.2) is 25.0 Å². The summed E-state index contributed by atoms with van der Waals surface area (Å²) >= 11 is 1.55. The lowest BCUT2D eigenvalue weighted by Gasteiger charge is -2.18. The third-order valence-electron chi connectivity index (χ3n) is 2.05. The zero-order valence-electron chi connectivity index (χ0n) is 8.98. The van der Waals surface area contributed by atoms with Crippen molar-refractivity contribution in [2.45, 2.75) is 11.8 Å². The van der Waals surface area contributed by atoms with Crippen LogP contribution in [0.3, 0.4) is 0 Å². The number of carbonyl (C=O) groups is 2. The number of para-hydroxylation sites is 1. The van der Waals surface area contributed by atoms with E-state index in [1.165, 1.54) is 11.8 Å². The maximum atomic E-state index is 11.5. The average Bonchev–Trinajstić information content (AvgIpc) is 2.26. The van der Waals surface area contributed by atoms with E-state index in [2.05, 4.69) is 0 Å². The van der Waals surface area contributed by atoms with Gasteiger partial charge in [0, 0.05) is 18.9 Å². The third kappa shape index (κ3) is 2.59. The molecule has 0 unspecified atom stereocenters. The molecule has 1 aromatic rings. The van der Waals surface area contributed by atoms with Crippen LogP contribution in [0.4, 0.5) is 5.69 Å². The summed E-state index contributed by atoms with van der Waals surface area (Å²) < 4.78 is 0. The maximum Gasteiger partial charge on any atom is 0.293 e. The zero-order chi connectivity index (χ0) is 11.4. The summed E-state index contributed by atoms with van der Waals surface area (Å²) in [4.78, 5) is 24.8. The van der Waals surface area contributed by atoms with Gasteiger partial charge in [-0.1, -0.05) is 12.1 Å². The summed E-state index contributed by atoms with van der Waals surface area (Å²) in [6.45, 7) is 1.28. The fraction of sp³-hybridized carbons (Fsp3) is 0.273. The smallest absolute Gasteiger partial charge is 0.293 e. The molecule has 0 N–H and O–H groups in total. The first-order valence-electron chi connectivity index (χ1n) is 4.49. The van der Waals surface area contributed by atoms with E-state index in [-0.39, 0.29) is 0 Å². The van der Waals surface area contributed by atoms with Crippen molar-refractivity contribution in [2.24, 2.45) is 0 Å². The number of hydrogen-bond acceptors (Lipinski definition) is 3. The van der Waals surface area contributed by atoms with Crippen molar-refractivity contribution in [3.05, 3.63) is 24.3 Å². The number of Topliss-reactive ketones (excluding diaryl/α,β-unsaturated/α-hetero) is 1. The summed E-state index contributed by atoms with van der Waals surface area (Å²) in [6.07, 6.45) is 1.94. The summed E-state index contributed by atoms with van der Waals surface area (Å²) in [6, 6.07) is 7.50. The molecule has 15 heavy (non-hydrogen) atoms. The molecule has 0 heterocycles. The quantitative estimate of drug-likeness (QED) is 0.580. The van der Waals surface area contributed by atoms with Gasteiger partial charge in [0.25, 0.3) is 5.91 Å². The van der Waals surface area contributed by atoms with Crippen LogP contribution < -0.4 is 4.90 Å². The first-order valence-corrected chi connectivity index (χ1v) is 5.72. The molecule has 0 aliphatic heterocycles. The number of likely N-dealkylation sites (N-methyl/N-ethyl adjacent to an activating group) is 1. The minimum atomic E-state index is -0.489. The number of amides is 1. The van der Waals surface area contributed by atoms with E-state index in [1.54, 1.807) is 18.8 Å². The Labute approximate surface area is 93.5 Å². The molecule has 3 nitrogen and oxygen atoms in total. The van der Waals surface area contributed by atoms with E-state index in [0.717, 1.165) is 10.6 Å². The number of carbonyl (C=O) groups excluding carboxylic acids is 2. The van der Waals surface area contributed by atoms with Crippen LogP contribution in [0.1, 0.15) is 6.92 Å². The summed E-state index contributed by atoms with van der Waals surface area (Å²) in [5.74, 6) is -0.940. The van der Waals surface area contributed by atoms with Crippen molar-refractivity contribution in [3.63, 3.8) is 0 Å². The predicted octanol–water partition coefficient (Wildman–Crippen LogP) is 1.96. The van der Waals surface area contributed by atoms with Crippen LogP contribution in [-0.2, 0) is 9.59 Å². The Bertz CT molecular complexity index is 390. The van der Waals surface area contributed by atoms with Gasteiger partial charge in [0.05, 0.1) is 5.69 Å². The van der Waals surface area contributed by atoms with E-state index in [0.29, 0.717) is 0 Å². The first-order chi connectivity index (χ1) is 7.07. The molecule has 0 aliphatic carbocycles. The highest BCUT2D eigenvalue weighted by Gasteiger charge is 2.17. The second-order valence-corrected chi connectivity index (χ2v) is 3.94. The van der Waals surface area contributed by atoms with Gasteiger partial charge in [-0.2, -0.15) is 0 Å². The Kier molecular flexibility index (Phi) is 3.91. The average molecular weight is 223 g/mol. The van der Waals surface area contributed by atoms with E-state index >= 15 is 0 Å². The maximum absolute atomic E-state index is 11.5. The van der Waals surface area contributed by atoms with Crippen LogP contribution >= 0.6 is 11.8 Å². The Morgan fingerprint density at radius 1 is 1.27 bits per heavy atom. The molecule has 0 atom stereocenters. The van der Waals surface area contributed by atoms with Crippen molar-refractivity contribution >= 4 is 29.1 Å². The van der Waals surface area contributed by atoms with Crippen molar-refractivity contribution in [3.8, 4) is 0 Å². The molecule has 0 saturated heterocycles. The zero-order valence-corrected chi connectivity index (χ0v) is 9.80. The molecule has 1 amide bonds. The topological polar surface area (TPSA) is 37.4 Å². The van der Waals surface area contributed by atoms with E-state index < -0.39 is 11.7 Å². The number of thioether (sulfide) groups is 1. The largest absolute Gasteiger partial charge is 0.308 e. The molecule has 0 aliphatic rings. The molecule has 0 aromatic heterocycles. The van der Waals surface area contributed by atoms with Gasteiger partial charge in [0.2, 0.25) is 5.78 Å². The predicted molar refractivity (Wildman–Crippen MR) is 62.3 cm³/mol. The Morgan fingerprint density at radius 3 is 2.40 bits per heavy atom. The summed E-state index contributed by atoms with van der Waals surface area (Å²) in [5, 5.41) is 0. The van der Waals surface area contributed by atoms with Gasteiger partial charge in [0.1, 0.15) is 0 Å². The number of hydrogen-bond donors (Lipinski definition) is 0. The number of ketones is 1. The number of rotatable bonds is 3. The molecule has 4 heteroatoms. The van der Waals surface area contributed by atoms with Gasteiger partial charge in [-0.15, -0.1) is 11.8 Å². The molecule has 80 valence electrons. The Hall–Kier alpha value is -1.29. The number of anilines is 1. The van der Waals surface area contributed by atoms with Crippen LogP contribution in [0.5, 0.6) is 0 Å². The number of nitrogens with zero attached hydrogens (tertiary/aromatic N) is 1. The minimum Gasteiger partial charge on any atom is -0.308 e. The minimum absolute atomic E-state index is 0.451. The second-order valence-electron chi connectivity index (χ2n) is 3.09. The Morgan fingerprint density at radius 2 is 1.87 bits per heavy atom. The second kappa shape index (κ2) is 4.98. The van der Waals surface area contributed by atoms with Crippen LogP contribution in [0, 0.1) is 0 Å². The van der Waals surface area contributed by atoms with Crippen LogP contribution in [0.25, 0.3) is 0 Å². The van der Waals surface area contributed by atoms with Crippen molar-refractivity contribution in [1.29, 1.82) is 0 Å². The van der Waals surface area contributed by atoms with Crippen LogP contribution in [0.2, 0.25) is 0 Å². The van der Waals surface area contributed by atoms with Crippen molar-refractivity contribution in [1.82, 2.24) is 0 Å². The first kappa shape index (κ1) is 11.8. The monoisotopic (exact) mass is 223 g/mol. The fourth-order valence-electron chi connectivity index (χ4n) is 1.25. The molecule has 1 rings (SSSR count). The lowest BCUT2D eigenvalue weighted by molar-refractivity contribution is -0.134. The summed E-state index contributed by atoms with van der Waals surface area (Å²) in [7, 11) is 1.61. The normalized spacial score (nSPS) is 9.80. The van der Waals surface area contributed by atoms with Gasteiger partial charge in [0.15, 0.2) is 0 Å². The molecule has 0 bridgehead atoms. The van der Waals surface area contributed by atoms with Crippen LogP contribution in [0.15, 0.2) is 29.2 Å². The molecule has 0 spiro atoms. The van der Waals surface area contributed by atoms with Crippen molar-refractivity contribution in [2.75, 3.05) is 18.2 Å². The van der Waals surface area contributed by atoms with E-state index in [4.69, 9.17) is 0 Å². The molecular weight excluding hydrogens is 210 g/mol. The van der Waals surface area contributed by atoms with Gasteiger partial charge >= 0.3 is 0 Å². The lowest BCUT2D eigenvalue weighted by atomic mass is 10.2. The number of benzene rings is 1. The molecule has 1 aromatic carbocycles. The Balaban J connectivity index is 3.05. The SMILES string of the molecule is CSc1ccccc1N(C)C(=O)C(C)=O. The van der Waals surface area contributed by atoms with Crippen molar-refractivity contribution < 1.29 is 9.59 Å².